The SMILES string of the molecule is Cc1nc2c(s1)C[C@]1(C)CCC([C@H](C)C(=O)N3CCN(C)CC3)[C@H](O)[C@H]1[C@@H]2C. The highest BCUT2D eigenvalue weighted by atomic mass is 32.1. The van der Waals surface area contributed by atoms with Crippen molar-refractivity contribution in [2.75, 3.05) is 33.2 Å². The number of nitrogens with zero attached hydrogens (tertiary/aromatic N) is 3. The van der Waals surface area contributed by atoms with Gasteiger partial charge in [-0.3, -0.25) is 4.79 Å². The first kappa shape index (κ1) is 20.3. The average molecular weight is 406 g/mol. The van der Waals surface area contributed by atoms with E-state index in [4.69, 9.17) is 4.98 Å². The summed E-state index contributed by atoms with van der Waals surface area (Å²) in [5, 5.41) is 12.6. The van der Waals surface area contributed by atoms with Crippen LogP contribution in [0.1, 0.15) is 55.1 Å². The smallest absolute Gasteiger partial charge is 0.225 e. The van der Waals surface area contributed by atoms with Crippen molar-refractivity contribution in [2.45, 2.75) is 59.0 Å². The highest BCUT2D eigenvalue weighted by Gasteiger charge is 2.54. The molecule has 1 aromatic rings. The Bertz CT molecular complexity index is 742. The summed E-state index contributed by atoms with van der Waals surface area (Å²) in [6.45, 7) is 12.2. The first-order chi connectivity index (χ1) is 13.2. The van der Waals surface area contributed by atoms with Crippen molar-refractivity contribution in [2.24, 2.45) is 23.2 Å². The van der Waals surface area contributed by atoms with E-state index in [0.29, 0.717) is 0 Å². The highest BCUT2D eigenvalue weighted by molar-refractivity contribution is 7.11. The number of likely N-dealkylation sites (N-methyl/N-ethyl adjacent to an activating group) is 1. The molecule has 1 amide bonds. The number of carbonyl (C=O) groups is 1. The van der Waals surface area contributed by atoms with Crippen LogP contribution in [0, 0.1) is 30.1 Å². The van der Waals surface area contributed by atoms with E-state index in [0.717, 1.165) is 50.4 Å². The lowest BCUT2D eigenvalue weighted by Gasteiger charge is -2.53. The number of aliphatic hydroxyl groups excluding tert-OH is 1. The Kier molecular flexibility index (Phi) is 5.34. The normalized spacial score (nSPS) is 37.3. The van der Waals surface area contributed by atoms with Gasteiger partial charge in [0.2, 0.25) is 5.91 Å². The summed E-state index contributed by atoms with van der Waals surface area (Å²) in [5.41, 5.74) is 1.31. The standard InChI is InChI=1S/C22H35N3O2S/c1-13(21(27)25-10-8-24(5)9-11-25)16-6-7-22(4)12-17-19(23-15(3)28-17)14(2)18(22)20(16)26/h13-14,16,18,20,26H,6-12H2,1-5H3/t13-,14-,16?,18+,20-,22-/m0/s1. The topological polar surface area (TPSA) is 56.7 Å². The molecule has 28 heavy (non-hydrogen) atoms. The molecule has 1 N–H and O–H groups in total. The molecule has 2 aliphatic carbocycles. The van der Waals surface area contributed by atoms with Crippen LogP contribution in [0.3, 0.4) is 0 Å². The molecule has 156 valence electrons. The number of aromatic nitrogens is 1. The summed E-state index contributed by atoms with van der Waals surface area (Å²) in [6, 6.07) is 0. The third-order valence-electron chi connectivity index (χ3n) is 7.88. The molecule has 1 aromatic heterocycles. The Balaban J connectivity index is 1.53. The number of piperazine rings is 1. The maximum absolute atomic E-state index is 13.2. The average Bonchev–Trinajstić information content (AvgIpc) is 3.01. The molecule has 0 aromatic carbocycles. The minimum atomic E-state index is -0.435. The Morgan fingerprint density at radius 3 is 2.68 bits per heavy atom. The number of aliphatic hydroxyl groups is 1. The first-order valence-corrected chi connectivity index (χ1v) is 11.6. The van der Waals surface area contributed by atoms with E-state index in [1.54, 1.807) is 0 Å². The van der Waals surface area contributed by atoms with E-state index in [2.05, 4.69) is 32.7 Å². The van der Waals surface area contributed by atoms with E-state index in [9.17, 15) is 9.90 Å². The predicted octanol–water partition coefficient (Wildman–Crippen LogP) is 2.91. The summed E-state index contributed by atoms with van der Waals surface area (Å²) >= 11 is 1.82. The quantitative estimate of drug-likeness (QED) is 0.822. The minimum Gasteiger partial charge on any atom is -0.392 e. The number of carbonyl (C=O) groups excluding carboxylic acids is 1. The van der Waals surface area contributed by atoms with Crippen molar-refractivity contribution >= 4 is 17.2 Å². The Morgan fingerprint density at radius 1 is 1.32 bits per heavy atom. The fourth-order valence-electron chi connectivity index (χ4n) is 6.17. The fraction of sp³-hybridized carbons (Fsp3) is 0.818. The van der Waals surface area contributed by atoms with Gasteiger partial charge in [0.15, 0.2) is 0 Å². The zero-order valence-corrected chi connectivity index (χ0v) is 18.8. The lowest BCUT2D eigenvalue weighted by Crippen LogP contribution is -2.55. The third-order valence-corrected chi connectivity index (χ3v) is 8.86. The van der Waals surface area contributed by atoms with E-state index < -0.39 is 6.10 Å². The largest absolute Gasteiger partial charge is 0.392 e. The van der Waals surface area contributed by atoms with Gasteiger partial charge in [-0.15, -0.1) is 11.3 Å². The molecular formula is C22H35N3O2S. The van der Waals surface area contributed by atoms with Crippen LogP contribution in [0.4, 0.5) is 0 Å². The Morgan fingerprint density at radius 2 is 2.00 bits per heavy atom. The van der Waals surface area contributed by atoms with Gasteiger partial charge < -0.3 is 14.9 Å². The summed E-state index contributed by atoms with van der Waals surface area (Å²) < 4.78 is 0. The van der Waals surface area contributed by atoms with E-state index >= 15 is 0 Å². The predicted molar refractivity (Wildman–Crippen MR) is 113 cm³/mol. The monoisotopic (exact) mass is 405 g/mol. The first-order valence-electron chi connectivity index (χ1n) is 10.8. The fourth-order valence-corrected chi connectivity index (χ4v) is 7.40. The summed E-state index contributed by atoms with van der Waals surface area (Å²) in [7, 11) is 2.11. The summed E-state index contributed by atoms with van der Waals surface area (Å²) in [6.07, 6.45) is 2.61. The minimum absolute atomic E-state index is 0.0500. The van der Waals surface area contributed by atoms with Crippen molar-refractivity contribution in [1.29, 1.82) is 0 Å². The molecular weight excluding hydrogens is 370 g/mol. The van der Waals surface area contributed by atoms with E-state index in [-0.39, 0.29) is 35.0 Å². The molecule has 5 nitrogen and oxygen atoms in total. The van der Waals surface area contributed by atoms with E-state index in [1.807, 2.05) is 23.2 Å². The van der Waals surface area contributed by atoms with Gasteiger partial charge in [-0.1, -0.05) is 20.8 Å². The van der Waals surface area contributed by atoms with Crippen LogP contribution in [-0.2, 0) is 11.2 Å². The second-order valence-electron chi connectivity index (χ2n) is 9.80. The van der Waals surface area contributed by atoms with Crippen molar-refractivity contribution in [1.82, 2.24) is 14.8 Å². The van der Waals surface area contributed by atoms with Crippen LogP contribution in [0.15, 0.2) is 0 Å². The van der Waals surface area contributed by atoms with Crippen molar-refractivity contribution in [3.63, 3.8) is 0 Å². The second-order valence-corrected chi connectivity index (χ2v) is 11.1. The van der Waals surface area contributed by atoms with Gasteiger partial charge in [-0.2, -0.15) is 0 Å². The van der Waals surface area contributed by atoms with Crippen LogP contribution in [-0.4, -0.2) is 65.1 Å². The van der Waals surface area contributed by atoms with Gasteiger partial charge in [0, 0.05) is 42.9 Å². The molecule has 4 rings (SSSR count). The molecule has 1 saturated heterocycles. The number of thiazole rings is 1. The maximum Gasteiger partial charge on any atom is 0.225 e. The Labute approximate surface area is 173 Å². The number of hydrogen-bond acceptors (Lipinski definition) is 5. The maximum atomic E-state index is 13.2. The lowest BCUT2D eigenvalue weighted by atomic mass is 9.53. The van der Waals surface area contributed by atoms with Gasteiger partial charge in [-0.05, 0) is 50.5 Å². The molecule has 1 aliphatic heterocycles. The number of aryl methyl sites for hydroxylation is 1. The molecule has 1 saturated carbocycles. The third kappa shape index (κ3) is 3.31. The zero-order valence-electron chi connectivity index (χ0n) is 17.9. The Hall–Kier alpha value is -0.980. The molecule has 0 bridgehead atoms. The van der Waals surface area contributed by atoms with Crippen LogP contribution < -0.4 is 0 Å². The molecule has 6 atom stereocenters. The lowest BCUT2D eigenvalue weighted by molar-refractivity contribution is -0.146. The molecule has 1 unspecified atom stereocenters. The molecule has 0 radical (unpaired) electrons. The molecule has 2 fully saturated rings. The van der Waals surface area contributed by atoms with Crippen LogP contribution in [0.2, 0.25) is 0 Å². The van der Waals surface area contributed by atoms with Gasteiger partial charge in [0.05, 0.1) is 16.8 Å². The van der Waals surface area contributed by atoms with Crippen molar-refractivity contribution < 1.29 is 9.90 Å². The van der Waals surface area contributed by atoms with Crippen LogP contribution in [0.25, 0.3) is 0 Å². The van der Waals surface area contributed by atoms with Gasteiger partial charge in [-0.25, -0.2) is 4.98 Å². The number of fused-ring (bicyclic) bond motifs is 2. The number of amides is 1. The van der Waals surface area contributed by atoms with Crippen LogP contribution in [0.5, 0.6) is 0 Å². The molecule has 6 heteroatoms. The summed E-state index contributed by atoms with van der Waals surface area (Å²) in [4.78, 5) is 23.7. The van der Waals surface area contributed by atoms with E-state index in [1.165, 1.54) is 10.6 Å². The van der Waals surface area contributed by atoms with Gasteiger partial charge in [0.25, 0.3) is 0 Å². The molecule has 2 heterocycles. The number of rotatable bonds is 2. The molecule has 0 spiro atoms. The zero-order chi connectivity index (χ0) is 20.2. The number of hydrogen-bond donors (Lipinski definition) is 1. The highest BCUT2D eigenvalue weighted by Crippen LogP contribution is 2.57. The summed E-state index contributed by atoms with van der Waals surface area (Å²) in [5.74, 6) is 0.600. The van der Waals surface area contributed by atoms with Crippen molar-refractivity contribution in [3.05, 3.63) is 15.6 Å². The van der Waals surface area contributed by atoms with Gasteiger partial charge in [0.1, 0.15) is 0 Å². The van der Waals surface area contributed by atoms with Gasteiger partial charge >= 0.3 is 0 Å². The van der Waals surface area contributed by atoms with Crippen molar-refractivity contribution in [3.8, 4) is 0 Å². The molecule has 3 aliphatic rings. The second kappa shape index (κ2) is 7.37. The van der Waals surface area contributed by atoms with Crippen LogP contribution >= 0.6 is 11.3 Å².